The standard InChI is InChI=1S/C20H29ClN6O.HI/c1-15-12-27(7-8-28-15)19-6-5-16(10-23-19)11-24-20(22-2)26(4)14-18-9-17(21)13-25(18)3;/h5-6,9-10,13,15H,7-8,11-12,14H2,1-4H3,(H,22,24);1H. The third-order valence-corrected chi connectivity index (χ3v) is 5.08. The molecule has 160 valence electrons. The van der Waals surface area contributed by atoms with Gasteiger partial charge >= 0.3 is 0 Å². The molecule has 1 fully saturated rings. The van der Waals surface area contributed by atoms with Crippen LogP contribution in [0.15, 0.2) is 35.6 Å². The van der Waals surface area contributed by atoms with E-state index < -0.39 is 0 Å². The number of rotatable bonds is 5. The number of halogens is 2. The summed E-state index contributed by atoms with van der Waals surface area (Å²) in [6.45, 7) is 5.99. The van der Waals surface area contributed by atoms with Crippen molar-refractivity contribution in [2.24, 2.45) is 12.0 Å². The summed E-state index contributed by atoms with van der Waals surface area (Å²) in [7, 11) is 5.79. The van der Waals surface area contributed by atoms with Gasteiger partial charge in [0.15, 0.2) is 5.96 Å². The summed E-state index contributed by atoms with van der Waals surface area (Å²) in [4.78, 5) is 13.3. The molecule has 0 bridgehead atoms. The lowest BCUT2D eigenvalue weighted by molar-refractivity contribution is 0.0529. The normalized spacial score (nSPS) is 17.1. The molecule has 29 heavy (non-hydrogen) atoms. The molecule has 0 aromatic carbocycles. The van der Waals surface area contributed by atoms with Crippen LogP contribution >= 0.6 is 35.6 Å². The smallest absolute Gasteiger partial charge is 0.194 e. The highest BCUT2D eigenvalue weighted by atomic mass is 127. The maximum Gasteiger partial charge on any atom is 0.194 e. The van der Waals surface area contributed by atoms with Gasteiger partial charge in [-0.25, -0.2) is 4.98 Å². The number of ether oxygens (including phenoxy) is 1. The van der Waals surface area contributed by atoms with Gasteiger partial charge in [0.05, 0.1) is 24.3 Å². The summed E-state index contributed by atoms with van der Waals surface area (Å²) < 4.78 is 7.63. The molecule has 3 heterocycles. The first-order valence-electron chi connectivity index (χ1n) is 9.50. The van der Waals surface area contributed by atoms with Crippen molar-refractivity contribution in [2.75, 3.05) is 38.7 Å². The van der Waals surface area contributed by atoms with Crippen LogP contribution in [0.5, 0.6) is 0 Å². The van der Waals surface area contributed by atoms with Gasteiger partial charge in [-0.3, -0.25) is 4.99 Å². The van der Waals surface area contributed by atoms with E-state index in [-0.39, 0.29) is 30.1 Å². The molecule has 1 aliphatic heterocycles. The van der Waals surface area contributed by atoms with E-state index in [1.807, 2.05) is 37.1 Å². The van der Waals surface area contributed by atoms with Gasteiger partial charge in [0, 0.05) is 58.9 Å². The van der Waals surface area contributed by atoms with E-state index in [1.54, 1.807) is 7.05 Å². The van der Waals surface area contributed by atoms with Gasteiger partial charge in [0.25, 0.3) is 0 Å². The zero-order chi connectivity index (χ0) is 20.1. The highest BCUT2D eigenvalue weighted by Gasteiger charge is 2.17. The Morgan fingerprint density at radius 2 is 2.24 bits per heavy atom. The van der Waals surface area contributed by atoms with Crippen LogP contribution in [0.1, 0.15) is 18.2 Å². The minimum atomic E-state index is 0. The first-order valence-corrected chi connectivity index (χ1v) is 9.88. The van der Waals surface area contributed by atoms with E-state index in [2.05, 4.69) is 44.1 Å². The van der Waals surface area contributed by atoms with Crippen molar-refractivity contribution in [2.45, 2.75) is 26.1 Å². The fourth-order valence-corrected chi connectivity index (χ4v) is 3.61. The van der Waals surface area contributed by atoms with Gasteiger partial charge in [0.1, 0.15) is 5.82 Å². The van der Waals surface area contributed by atoms with Crippen LogP contribution in [0.25, 0.3) is 0 Å². The molecule has 1 unspecified atom stereocenters. The van der Waals surface area contributed by atoms with Gasteiger partial charge in [-0.2, -0.15) is 0 Å². The van der Waals surface area contributed by atoms with E-state index in [9.17, 15) is 0 Å². The molecule has 0 saturated carbocycles. The Bertz CT molecular complexity index is 810. The third-order valence-electron chi connectivity index (χ3n) is 4.87. The largest absolute Gasteiger partial charge is 0.375 e. The zero-order valence-corrected chi connectivity index (χ0v) is 20.5. The summed E-state index contributed by atoms with van der Waals surface area (Å²) in [5, 5.41) is 4.14. The Balaban J connectivity index is 0.00000300. The second-order valence-electron chi connectivity index (χ2n) is 7.17. The lowest BCUT2D eigenvalue weighted by Crippen LogP contribution is -2.41. The topological polar surface area (TPSA) is 57.9 Å². The van der Waals surface area contributed by atoms with Crippen LogP contribution in [0.2, 0.25) is 5.02 Å². The molecule has 9 heteroatoms. The minimum Gasteiger partial charge on any atom is -0.375 e. The molecule has 3 rings (SSSR count). The van der Waals surface area contributed by atoms with Gasteiger partial charge in [-0.05, 0) is 24.6 Å². The van der Waals surface area contributed by atoms with Gasteiger partial charge in [-0.1, -0.05) is 17.7 Å². The molecule has 0 amide bonds. The number of pyridine rings is 1. The molecular weight excluding hydrogens is 503 g/mol. The minimum absolute atomic E-state index is 0. The number of anilines is 1. The molecule has 7 nitrogen and oxygen atoms in total. The van der Waals surface area contributed by atoms with Crippen LogP contribution in [-0.4, -0.2) is 60.3 Å². The number of hydrogen-bond donors (Lipinski definition) is 1. The fraction of sp³-hybridized carbons (Fsp3) is 0.500. The molecule has 1 atom stereocenters. The molecule has 1 N–H and O–H groups in total. The van der Waals surface area contributed by atoms with Crippen molar-refractivity contribution < 1.29 is 4.74 Å². The predicted molar refractivity (Wildman–Crippen MR) is 129 cm³/mol. The van der Waals surface area contributed by atoms with Crippen molar-refractivity contribution >= 4 is 47.4 Å². The summed E-state index contributed by atoms with van der Waals surface area (Å²) in [6, 6.07) is 6.16. The monoisotopic (exact) mass is 532 g/mol. The van der Waals surface area contributed by atoms with E-state index >= 15 is 0 Å². The predicted octanol–water partition coefficient (Wildman–Crippen LogP) is 3.12. The summed E-state index contributed by atoms with van der Waals surface area (Å²) in [5.74, 6) is 1.82. The number of nitrogens with one attached hydrogen (secondary N) is 1. The van der Waals surface area contributed by atoms with E-state index in [4.69, 9.17) is 16.3 Å². The highest BCUT2D eigenvalue weighted by molar-refractivity contribution is 14.0. The van der Waals surface area contributed by atoms with Crippen molar-refractivity contribution in [1.82, 2.24) is 19.8 Å². The molecule has 1 saturated heterocycles. The first-order chi connectivity index (χ1) is 13.5. The Hall–Kier alpha value is -1.52. The average Bonchev–Trinajstić information content (AvgIpc) is 2.99. The van der Waals surface area contributed by atoms with E-state index in [0.29, 0.717) is 6.54 Å². The van der Waals surface area contributed by atoms with Crippen molar-refractivity contribution in [3.05, 3.63) is 46.9 Å². The molecular formula is C20H30ClIN6O. The van der Waals surface area contributed by atoms with Crippen LogP contribution in [0.3, 0.4) is 0 Å². The maximum absolute atomic E-state index is 6.08. The summed E-state index contributed by atoms with van der Waals surface area (Å²) in [6.07, 6.45) is 4.07. The fourth-order valence-electron chi connectivity index (χ4n) is 3.34. The van der Waals surface area contributed by atoms with Crippen LogP contribution in [0, 0.1) is 0 Å². The van der Waals surface area contributed by atoms with Crippen molar-refractivity contribution in [3.8, 4) is 0 Å². The lowest BCUT2D eigenvalue weighted by Gasteiger charge is -2.32. The second-order valence-corrected chi connectivity index (χ2v) is 7.61. The first kappa shape index (κ1) is 23.8. The molecule has 2 aromatic rings. The molecule has 0 radical (unpaired) electrons. The van der Waals surface area contributed by atoms with Gasteiger partial charge in [-0.15, -0.1) is 24.0 Å². The summed E-state index contributed by atoms with van der Waals surface area (Å²) in [5.41, 5.74) is 2.24. The van der Waals surface area contributed by atoms with Crippen LogP contribution in [0.4, 0.5) is 5.82 Å². The van der Waals surface area contributed by atoms with Gasteiger partial charge in [0.2, 0.25) is 0 Å². The highest BCUT2D eigenvalue weighted by Crippen LogP contribution is 2.16. The number of morpholine rings is 1. The number of guanidine groups is 1. The number of aryl methyl sites for hydroxylation is 1. The Kier molecular flexibility index (Phi) is 9.04. The number of nitrogens with zero attached hydrogens (tertiary/aromatic N) is 5. The van der Waals surface area contributed by atoms with E-state index in [0.717, 1.165) is 54.3 Å². The Morgan fingerprint density at radius 1 is 1.45 bits per heavy atom. The van der Waals surface area contributed by atoms with Gasteiger partial charge < -0.3 is 24.4 Å². The second kappa shape index (κ2) is 11.0. The molecule has 2 aromatic heterocycles. The van der Waals surface area contributed by atoms with Crippen molar-refractivity contribution in [3.63, 3.8) is 0 Å². The number of aromatic nitrogens is 2. The number of hydrogen-bond acceptors (Lipinski definition) is 4. The number of aliphatic imine (C=N–C) groups is 1. The molecule has 0 spiro atoms. The average molecular weight is 533 g/mol. The van der Waals surface area contributed by atoms with Crippen LogP contribution in [-0.2, 0) is 24.9 Å². The molecule has 1 aliphatic rings. The Morgan fingerprint density at radius 3 is 2.83 bits per heavy atom. The quantitative estimate of drug-likeness (QED) is 0.364. The maximum atomic E-state index is 6.08. The van der Waals surface area contributed by atoms with Crippen molar-refractivity contribution in [1.29, 1.82) is 0 Å². The van der Waals surface area contributed by atoms with Crippen LogP contribution < -0.4 is 10.2 Å². The summed E-state index contributed by atoms with van der Waals surface area (Å²) >= 11 is 6.08. The van der Waals surface area contributed by atoms with E-state index in [1.165, 1.54) is 0 Å². The zero-order valence-electron chi connectivity index (χ0n) is 17.4. The Labute approximate surface area is 195 Å². The SMILES string of the molecule is CN=C(NCc1ccc(N2CCOC(C)C2)nc1)N(C)Cc1cc(Cl)cn1C.I. The lowest BCUT2D eigenvalue weighted by atomic mass is 10.2. The third kappa shape index (κ3) is 6.48. The molecule has 0 aliphatic carbocycles.